The summed E-state index contributed by atoms with van der Waals surface area (Å²) in [5.41, 5.74) is 8.18. The highest BCUT2D eigenvalue weighted by atomic mass is 16.5. The van der Waals surface area contributed by atoms with Crippen LogP contribution in [0.25, 0.3) is 0 Å². The van der Waals surface area contributed by atoms with Gasteiger partial charge in [0, 0.05) is 11.4 Å². The summed E-state index contributed by atoms with van der Waals surface area (Å²) >= 11 is 0. The third-order valence-corrected chi connectivity index (χ3v) is 4.49. The molecule has 2 amide bonds. The Bertz CT molecular complexity index is 973. The number of hydrogen-bond acceptors (Lipinski definition) is 4. The number of rotatable bonds is 10. The molecule has 0 heterocycles. The van der Waals surface area contributed by atoms with Gasteiger partial charge < -0.3 is 21.1 Å². The maximum absolute atomic E-state index is 12.2. The molecule has 0 bridgehead atoms. The van der Waals surface area contributed by atoms with Crippen LogP contribution in [0.15, 0.2) is 78.9 Å². The molecule has 0 spiro atoms. The van der Waals surface area contributed by atoms with E-state index in [2.05, 4.69) is 22.8 Å². The third kappa shape index (κ3) is 6.38. The summed E-state index contributed by atoms with van der Waals surface area (Å²) in [5, 5.41) is 5.74. The van der Waals surface area contributed by atoms with Crippen molar-refractivity contribution in [1.82, 2.24) is 0 Å². The summed E-state index contributed by atoms with van der Waals surface area (Å²) < 4.78 is 5.76. The molecule has 0 saturated carbocycles. The number of aryl methyl sites for hydroxylation is 1. The van der Waals surface area contributed by atoms with Crippen LogP contribution in [-0.4, -0.2) is 25.0 Å². The number of benzene rings is 3. The van der Waals surface area contributed by atoms with Crippen molar-refractivity contribution in [3.63, 3.8) is 0 Å². The minimum Gasteiger partial charge on any atom is -0.494 e. The largest absolute Gasteiger partial charge is 0.494 e. The van der Waals surface area contributed by atoms with Gasteiger partial charge in [-0.1, -0.05) is 42.5 Å². The number of primary amides is 1. The smallest absolute Gasteiger partial charge is 0.250 e. The molecule has 3 rings (SSSR count). The van der Waals surface area contributed by atoms with Gasteiger partial charge in [-0.05, 0) is 54.8 Å². The van der Waals surface area contributed by atoms with Crippen molar-refractivity contribution >= 4 is 23.2 Å². The molecule has 0 aliphatic rings. The van der Waals surface area contributed by atoms with E-state index in [9.17, 15) is 9.59 Å². The second kappa shape index (κ2) is 10.7. The van der Waals surface area contributed by atoms with Crippen molar-refractivity contribution in [3.05, 3.63) is 90.0 Å². The molecule has 0 aliphatic heterocycles. The van der Waals surface area contributed by atoms with Gasteiger partial charge in [0.25, 0.3) is 5.91 Å². The Hall–Kier alpha value is -3.80. The highest BCUT2D eigenvalue weighted by molar-refractivity contribution is 6.00. The lowest BCUT2D eigenvalue weighted by molar-refractivity contribution is -0.114. The summed E-state index contributed by atoms with van der Waals surface area (Å²) in [6.45, 7) is 0.645. The highest BCUT2D eigenvalue weighted by Gasteiger charge is 2.09. The minimum absolute atomic E-state index is 0.0159. The fourth-order valence-corrected chi connectivity index (χ4v) is 2.98. The van der Waals surface area contributed by atoms with Gasteiger partial charge in [-0.2, -0.15) is 0 Å². The maximum Gasteiger partial charge on any atom is 0.250 e. The summed E-state index contributed by atoms with van der Waals surface area (Å²) in [7, 11) is 0. The van der Waals surface area contributed by atoms with Crippen LogP contribution < -0.4 is 21.1 Å². The Morgan fingerprint density at radius 2 is 1.57 bits per heavy atom. The molecular weight excluding hydrogens is 378 g/mol. The van der Waals surface area contributed by atoms with Crippen LogP contribution in [-0.2, 0) is 11.2 Å². The van der Waals surface area contributed by atoms with Gasteiger partial charge in [0.05, 0.1) is 18.7 Å². The Kier molecular flexibility index (Phi) is 7.44. The number of nitrogens with one attached hydrogen (secondary N) is 2. The summed E-state index contributed by atoms with van der Waals surface area (Å²) in [4.78, 5) is 23.6. The molecule has 0 atom stereocenters. The number of hydrogen-bond donors (Lipinski definition) is 3. The SMILES string of the molecule is NC(=O)c1ccccc1NCC(=O)Nc1ccc(OCCCc2ccccc2)cc1. The number of anilines is 2. The van der Waals surface area contributed by atoms with Crippen molar-refractivity contribution in [1.29, 1.82) is 0 Å². The molecule has 6 heteroatoms. The first-order valence-corrected chi connectivity index (χ1v) is 9.81. The Morgan fingerprint density at radius 1 is 0.867 bits per heavy atom. The minimum atomic E-state index is -0.544. The van der Waals surface area contributed by atoms with E-state index in [4.69, 9.17) is 10.5 Å². The standard InChI is InChI=1S/C24H25N3O3/c25-24(29)21-10-4-5-11-22(21)26-17-23(28)27-19-12-14-20(15-13-19)30-16-6-9-18-7-2-1-3-8-18/h1-5,7-8,10-15,26H,6,9,16-17H2,(H2,25,29)(H,27,28). The molecule has 0 aliphatic carbocycles. The molecule has 154 valence electrons. The molecule has 3 aromatic carbocycles. The van der Waals surface area contributed by atoms with Crippen LogP contribution in [0.5, 0.6) is 5.75 Å². The van der Waals surface area contributed by atoms with Crippen LogP contribution in [0.3, 0.4) is 0 Å². The van der Waals surface area contributed by atoms with E-state index in [0.717, 1.165) is 18.6 Å². The summed E-state index contributed by atoms with van der Waals surface area (Å²) in [6, 6.07) is 24.4. The first-order valence-electron chi connectivity index (χ1n) is 9.81. The van der Waals surface area contributed by atoms with Gasteiger partial charge in [0.2, 0.25) is 5.91 Å². The van der Waals surface area contributed by atoms with Crippen LogP contribution in [0.2, 0.25) is 0 Å². The zero-order chi connectivity index (χ0) is 21.2. The van der Waals surface area contributed by atoms with Gasteiger partial charge in [-0.15, -0.1) is 0 Å². The van der Waals surface area contributed by atoms with Crippen molar-refractivity contribution in [3.8, 4) is 5.75 Å². The van der Waals surface area contributed by atoms with E-state index in [1.54, 1.807) is 36.4 Å². The average Bonchev–Trinajstić information content (AvgIpc) is 2.77. The van der Waals surface area contributed by atoms with Crippen molar-refractivity contribution in [2.45, 2.75) is 12.8 Å². The van der Waals surface area contributed by atoms with E-state index in [1.807, 2.05) is 30.3 Å². The number of para-hydroxylation sites is 1. The first kappa shape index (κ1) is 20.9. The van der Waals surface area contributed by atoms with Crippen molar-refractivity contribution in [2.24, 2.45) is 5.73 Å². The summed E-state index contributed by atoms with van der Waals surface area (Å²) in [6.07, 6.45) is 1.90. The molecule has 0 aromatic heterocycles. The number of amides is 2. The van der Waals surface area contributed by atoms with E-state index in [-0.39, 0.29) is 12.5 Å². The zero-order valence-electron chi connectivity index (χ0n) is 16.6. The van der Waals surface area contributed by atoms with E-state index in [1.165, 1.54) is 5.56 Å². The molecule has 0 saturated heterocycles. The number of carbonyl (C=O) groups excluding carboxylic acids is 2. The van der Waals surface area contributed by atoms with Crippen molar-refractivity contribution in [2.75, 3.05) is 23.8 Å². The lowest BCUT2D eigenvalue weighted by Crippen LogP contribution is -2.23. The monoisotopic (exact) mass is 403 g/mol. The number of ether oxygens (including phenoxy) is 1. The Labute approximate surface area is 176 Å². The van der Waals surface area contributed by atoms with Gasteiger partial charge in [0.15, 0.2) is 0 Å². The third-order valence-electron chi connectivity index (χ3n) is 4.49. The van der Waals surface area contributed by atoms with Gasteiger partial charge in [-0.25, -0.2) is 0 Å². The lowest BCUT2D eigenvalue weighted by atomic mass is 10.1. The van der Waals surface area contributed by atoms with Crippen LogP contribution in [0, 0.1) is 0 Å². The molecule has 30 heavy (non-hydrogen) atoms. The van der Waals surface area contributed by atoms with Crippen LogP contribution in [0.1, 0.15) is 22.3 Å². The molecule has 4 N–H and O–H groups in total. The molecule has 6 nitrogen and oxygen atoms in total. The average molecular weight is 403 g/mol. The number of carbonyl (C=O) groups is 2. The van der Waals surface area contributed by atoms with Crippen LogP contribution >= 0.6 is 0 Å². The predicted molar refractivity (Wildman–Crippen MR) is 119 cm³/mol. The van der Waals surface area contributed by atoms with Gasteiger partial charge >= 0.3 is 0 Å². The zero-order valence-corrected chi connectivity index (χ0v) is 16.6. The molecule has 3 aromatic rings. The quantitative estimate of drug-likeness (QED) is 0.448. The molecular formula is C24H25N3O3. The second-order valence-electron chi connectivity index (χ2n) is 6.77. The molecule has 0 unspecified atom stereocenters. The topological polar surface area (TPSA) is 93.5 Å². The highest BCUT2D eigenvalue weighted by Crippen LogP contribution is 2.17. The lowest BCUT2D eigenvalue weighted by Gasteiger charge is -2.11. The molecule has 0 fully saturated rings. The van der Waals surface area contributed by atoms with E-state index < -0.39 is 5.91 Å². The van der Waals surface area contributed by atoms with Crippen molar-refractivity contribution < 1.29 is 14.3 Å². The number of nitrogens with two attached hydrogens (primary N) is 1. The fraction of sp³-hybridized carbons (Fsp3) is 0.167. The normalized spacial score (nSPS) is 10.3. The summed E-state index contributed by atoms with van der Waals surface area (Å²) in [5.74, 6) is -0.0155. The Morgan fingerprint density at radius 3 is 2.30 bits per heavy atom. The van der Waals surface area contributed by atoms with Gasteiger partial charge in [0.1, 0.15) is 5.75 Å². The van der Waals surface area contributed by atoms with Gasteiger partial charge in [-0.3, -0.25) is 9.59 Å². The van der Waals surface area contributed by atoms with E-state index in [0.29, 0.717) is 23.5 Å². The Balaban J connectivity index is 1.41. The van der Waals surface area contributed by atoms with Crippen LogP contribution in [0.4, 0.5) is 11.4 Å². The second-order valence-corrected chi connectivity index (χ2v) is 6.77. The van der Waals surface area contributed by atoms with E-state index >= 15 is 0 Å². The predicted octanol–water partition coefficient (Wildman–Crippen LogP) is 3.85. The fourth-order valence-electron chi connectivity index (χ4n) is 2.98. The first-order chi connectivity index (χ1) is 14.6. The molecule has 0 radical (unpaired) electrons. The maximum atomic E-state index is 12.2.